The van der Waals surface area contributed by atoms with Gasteiger partial charge in [-0.3, -0.25) is 19.7 Å². The average molecular weight is 474 g/mol. The van der Waals surface area contributed by atoms with Gasteiger partial charge in [0.05, 0.1) is 23.9 Å². The van der Waals surface area contributed by atoms with E-state index >= 15 is 0 Å². The first-order valence-corrected chi connectivity index (χ1v) is 12.5. The van der Waals surface area contributed by atoms with Crippen LogP contribution >= 0.6 is 0 Å². The van der Waals surface area contributed by atoms with Gasteiger partial charge in [0.2, 0.25) is 5.91 Å². The molecule has 0 radical (unpaired) electrons. The zero-order valence-corrected chi connectivity index (χ0v) is 19.7. The molecule has 2 heterocycles. The maximum absolute atomic E-state index is 13.3. The number of ketones is 1. The van der Waals surface area contributed by atoms with Gasteiger partial charge in [-0.25, -0.2) is 0 Å². The Bertz CT molecular complexity index is 1130. The number of carbonyl (C=O) groups excluding carboxylic acids is 3. The second-order valence-corrected chi connectivity index (χ2v) is 9.58. The third-order valence-corrected chi connectivity index (χ3v) is 7.35. The Balaban J connectivity index is 1.34. The minimum absolute atomic E-state index is 0.0299. The molecule has 1 saturated heterocycles. The normalized spacial score (nSPS) is 23.6. The number of para-hydroxylation sites is 1. The molecular weight excluding hydrogens is 442 g/mol. The number of aliphatic hydroxyl groups excluding tert-OH is 1. The van der Waals surface area contributed by atoms with Crippen LogP contribution in [0.25, 0.3) is 6.08 Å². The molecule has 2 N–H and O–H groups in total. The molecule has 2 aromatic carbocycles. The number of aliphatic hydroxyl groups is 1. The molecule has 3 atom stereocenters. The quantitative estimate of drug-likeness (QED) is 0.455. The summed E-state index contributed by atoms with van der Waals surface area (Å²) in [6.45, 7) is -0.150. The second kappa shape index (κ2) is 10.1. The molecule has 7 nitrogen and oxygen atoms in total. The predicted octanol–water partition coefficient (Wildman–Crippen LogP) is 2.79. The van der Waals surface area contributed by atoms with E-state index < -0.39 is 23.8 Å². The summed E-state index contributed by atoms with van der Waals surface area (Å²) in [7, 11) is 0. The molecule has 5 rings (SSSR count). The minimum atomic E-state index is -0.601. The molecule has 3 aliphatic rings. The number of hydrogen-bond acceptors (Lipinski definition) is 5. The van der Waals surface area contributed by atoms with E-state index in [4.69, 9.17) is 0 Å². The number of nitrogens with zero attached hydrogens (tertiary/aromatic N) is 2. The number of nitrogens with one attached hydrogen (secondary N) is 1. The number of benzene rings is 2. The van der Waals surface area contributed by atoms with Crippen molar-refractivity contribution in [3.8, 4) is 0 Å². The van der Waals surface area contributed by atoms with Gasteiger partial charge in [-0.2, -0.15) is 0 Å². The largest absolute Gasteiger partial charge is 0.395 e. The molecule has 2 fully saturated rings. The molecule has 7 heteroatoms. The van der Waals surface area contributed by atoms with Gasteiger partial charge in [-0.15, -0.1) is 0 Å². The number of likely N-dealkylation sites (tertiary alicyclic amines) is 1. The topological polar surface area (TPSA) is 90.0 Å². The van der Waals surface area contributed by atoms with E-state index in [9.17, 15) is 19.5 Å². The molecule has 1 saturated carbocycles. The van der Waals surface area contributed by atoms with Crippen LogP contribution in [0.5, 0.6) is 0 Å². The van der Waals surface area contributed by atoms with Crippen molar-refractivity contribution in [2.45, 2.75) is 56.3 Å². The van der Waals surface area contributed by atoms with Crippen molar-refractivity contribution in [1.82, 2.24) is 10.2 Å². The highest BCUT2D eigenvalue weighted by atomic mass is 16.3. The molecule has 0 spiro atoms. The fourth-order valence-corrected chi connectivity index (χ4v) is 5.53. The zero-order valence-electron chi connectivity index (χ0n) is 19.7. The van der Waals surface area contributed by atoms with Gasteiger partial charge in [0.15, 0.2) is 0 Å². The van der Waals surface area contributed by atoms with E-state index in [0.717, 1.165) is 31.2 Å². The standard InChI is InChI=1S/C28H31N3O4/c32-18-20(17-30-23-14-8-7-13-22(23)26(33)28(30)35)29-25-24(16-15-19-9-3-1-4-10-19)31(27(25)34)21-11-5-2-6-12-21/h1,3-4,7-10,13-16,20-21,24-25,29,32H,2,5-6,11-12,17-18H2/b16-15+/t20?,24-,25+/m1/s1. The summed E-state index contributed by atoms with van der Waals surface area (Å²) in [5.74, 6) is -1.11. The highest BCUT2D eigenvalue weighted by Crippen LogP contribution is 2.33. The molecule has 182 valence electrons. The third kappa shape index (κ3) is 4.54. The van der Waals surface area contributed by atoms with Gasteiger partial charge in [-0.05, 0) is 30.5 Å². The minimum Gasteiger partial charge on any atom is -0.395 e. The monoisotopic (exact) mass is 473 g/mol. The van der Waals surface area contributed by atoms with Crippen molar-refractivity contribution in [1.29, 1.82) is 0 Å². The van der Waals surface area contributed by atoms with Crippen LogP contribution in [-0.2, 0) is 9.59 Å². The number of hydrogen-bond donors (Lipinski definition) is 2. The van der Waals surface area contributed by atoms with E-state index in [2.05, 4.69) is 11.4 Å². The molecule has 2 aliphatic heterocycles. The van der Waals surface area contributed by atoms with E-state index in [1.165, 1.54) is 11.3 Å². The number of fused-ring (bicyclic) bond motifs is 1. The van der Waals surface area contributed by atoms with Gasteiger partial charge in [-0.1, -0.05) is 73.9 Å². The Kier molecular flexibility index (Phi) is 6.79. The summed E-state index contributed by atoms with van der Waals surface area (Å²) in [5.41, 5.74) is 1.98. The SMILES string of the molecule is O=C1C(=O)N(CC(CO)N[C@@H]2C(=O)N(C3CCCCC3)[C@@H]2/C=C/c2ccccc2)c2ccccc21. The molecule has 0 aromatic heterocycles. The number of rotatable bonds is 8. The summed E-state index contributed by atoms with van der Waals surface area (Å²) in [6, 6.07) is 15.9. The number of Topliss-reactive ketones (excluding diaryl/α,β-unsaturated/α-hetero) is 1. The van der Waals surface area contributed by atoms with Gasteiger partial charge in [0.1, 0.15) is 6.04 Å². The van der Waals surface area contributed by atoms with Gasteiger partial charge < -0.3 is 14.9 Å². The smallest absolute Gasteiger partial charge is 0.299 e. The molecule has 2 amide bonds. The van der Waals surface area contributed by atoms with Crippen molar-refractivity contribution in [3.63, 3.8) is 0 Å². The number of anilines is 1. The highest BCUT2D eigenvalue weighted by molar-refractivity contribution is 6.52. The van der Waals surface area contributed by atoms with E-state index in [0.29, 0.717) is 11.3 Å². The van der Waals surface area contributed by atoms with E-state index in [1.54, 1.807) is 24.3 Å². The first kappa shape index (κ1) is 23.5. The lowest BCUT2D eigenvalue weighted by Crippen LogP contribution is -2.73. The maximum Gasteiger partial charge on any atom is 0.299 e. The summed E-state index contributed by atoms with van der Waals surface area (Å²) in [5, 5.41) is 13.4. The molecule has 35 heavy (non-hydrogen) atoms. The van der Waals surface area contributed by atoms with Crippen LogP contribution < -0.4 is 10.2 Å². The van der Waals surface area contributed by atoms with Crippen LogP contribution in [0.15, 0.2) is 60.7 Å². The molecular formula is C28H31N3O4. The maximum atomic E-state index is 13.3. The van der Waals surface area contributed by atoms with Crippen molar-refractivity contribution >= 4 is 29.4 Å². The fraction of sp³-hybridized carbons (Fsp3) is 0.393. The van der Waals surface area contributed by atoms with Crippen molar-refractivity contribution < 1.29 is 19.5 Å². The van der Waals surface area contributed by atoms with Crippen LogP contribution in [-0.4, -0.2) is 64.9 Å². The second-order valence-electron chi connectivity index (χ2n) is 9.58. The van der Waals surface area contributed by atoms with Crippen molar-refractivity contribution in [2.24, 2.45) is 0 Å². The van der Waals surface area contributed by atoms with Crippen LogP contribution in [0, 0.1) is 0 Å². The van der Waals surface area contributed by atoms with Crippen molar-refractivity contribution in [2.75, 3.05) is 18.1 Å². The predicted molar refractivity (Wildman–Crippen MR) is 134 cm³/mol. The lowest BCUT2D eigenvalue weighted by Gasteiger charge is -2.52. The number of β-lactam (4-membered cyclic amide) rings is 1. The third-order valence-electron chi connectivity index (χ3n) is 7.35. The molecule has 1 aliphatic carbocycles. The van der Waals surface area contributed by atoms with E-state index in [1.807, 2.05) is 41.3 Å². The molecule has 1 unspecified atom stereocenters. The highest BCUT2D eigenvalue weighted by Gasteiger charge is 2.49. The fourth-order valence-electron chi connectivity index (χ4n) is 5.53. The van der Waals surface area contributed by atoms with Gasteiger partial charge in [0, 0.05) is 18.6 Å². The Morgan fingerprint density at radius 1 is 0.971 bits per heavy atom. The summed E-state index contributed by atoms with van der Waals surface area (Å²) < 4.78 is 0. The summed E-state index contributed by atoms with van der Waals surface area (Å²) in [4.78, 5) is 41.7. The van der Waals surface area contributed by atoms with E-state index in [-0.39, 0.29) is 31.1 Å². The first-order chi connectivity index (χ1) is 17.1. The first-order valence-electron chi connectivity index (χ1n) is 12.5. The Labute approximate surface area is 205 Å². The van der Waals surface area contributed by atoms with Crippen LogP contribution in [0.4, 0.5) is 5.69 Å². The Hall–Kier alpha value is -3.29. The van der Waals surface area contributed by atoms with Gasteiger partial charge >= 0.3 is 0 Å². The molecule has 0 bridgehead atoms. The van der Waals surface area contributed by atoms with Crippen LogP contribution in [0.2, 0.25) is 0 Å². The van der Waals surface area contributed by atoms with Crippen LogP contribution in [0.3, 0.4) is 0 Å². The Morgan fingerprint density at radius 2 is 1.69 bits per heavy atom. The van der Waals surface area contributed by atoms with Crippen molar-refractivity contribution in [3.05, 3.63) is 71.8 Å². The Morgan fingerprint density at radius 3 is 2.43 bits per heavy atom. The average Bonchev–Trinajstić information content (AvgIpc) is 3.14. The lowest BCUT2D eigenvalue weighted by molar-refractivity contribution is -0.154. The summed E-state index contributed by atoms with van der Waals surface area (Å²) in [6.07, 6.45) is 9.60. The lowest BCUT2D eigenvalue weighted by atomic mass is 9.85. The number of amides is 2. The van der Waals surface area contributed by atoms with Crippen LogP contribution in [0.1, 0.15) is 48.0 Å². The zero-order chi connectivity index (χ0) is 24.4. The molecule has 2 aromatic rings. The van der Waals surface area contributed by atoms with Gasteiger partial charge in [0.25, 0.3) is 11.7 Å². The summed E-state index contributed by atoms with van der Waals surface area (Å²) >= 11 is 0. The number of carbonyl (C=O) groups is 3.